The number of likely N-dealkylation sites (tertiary alicyclic amines) is 1. The maximum Gasteiger partial charge on any atom is 0.417 e. The van der Waals surface area contributed by atoms with Crippen LogP contribution >= 0.6 is 0 Å². The number of aromatic amines is 1. The van der Waals surface area contributed by atoms with Crippen LogP contribution < -0.4 is 5.32 Å². The number of hydrogen-bond donors (Lipinski definition) is 2. The number of ether oxygens (including phenoxy) is 1. The van der Waals surface area contributed by atoms with Crippen molar-refractivity contribution in [3.8, 4) is 11.4 Å². The molecule has 1 aliphatic heterocycles. The van der Waals surface area contributed by atoms with Gasteiger partial charge in [0, 0.05) is 23.6 Å². The minimum absolute atomic E-state index is 0.106. The summed E-state index contributed by atoms with van der Waals surface area (Å²) in [5.41, 5.74) is 1.05. The fourth-order valence-electron chi connectivity index (χ4n) is 5.19. The van der Waals surface area contributed by atoms with Crippen LogP contribution in [0, 0.1) is 0 Å². The molecule has 8 nitrogen and oxygen atoms in total. The smallest absolute Gasteiger partial charge is 0.417 e. The number of amides is 1. The monoisotopic (exact) mass is 572 g/mol. The summed E-state index contributed by atoms with van der Waals surface area (Å²) in [6.45, 7) is 0.541. The van der Waals surface area contributed by atoms with E-state index in [-0.39, 0.29) is 23.8 Å². The number of carbonyl (C=O) groups excluding carboxylic acids is 1. The van der Waals surface area contributed by atoms with Crippen LogP contribution in [0.1, 0.15) is 42.1 Å². The van der Waals surface area contributed by atoms with E-state index in [9.17, 15) is 18.0 Å². The third kappa shape index (κ3) is 5.76. The number of benzene rings is 3. The normalized spacial score (nSPS) is 15.5. The van der Waals surface area contributed by atoms with E-state index >= 15 is 0 Å². The Kier molecular flexibility index (Phi) is 7.47. The summed E-state index contributed by atoms with van der Waals surface area (Å²) in [4.78, 5) is 24.0. The zero-order valence-corrected chi connectivity index (χ0v) is 22.4. The molecule has 1 unspecified atom stereocenters. The van der Waals surface area contributed by atoms with Gasteiger partial charge in [0.25, 0.3) is 0 Å². The molecule has 11 heteroatoms. The second-order valence-corrected chi connectivity index (χ2v) is 10.0. The number of aromatic nitrogens is 4. The van der Waals surface area contributed by atoms with Gasteiger partial charge in [-0.3, -0.25) is 10.00 Å². The lowest BCUT2D eigenvalue weighted by Crippen LogP contribution is -2.39. The lowest BCUT2D eigenvalue weighted by Gasteiger charge is -2.34. The van der Waals surface area contributed by atoms with Crippen molar-refractivity contribution >= 4 is 28.6 Å². The average Bonchev–Trinajstić information content (AvgIpc) is 3.42. The summed E-state index contributed by atoms with van der Waals surface area (Å²) in [6, 6.07) is 23.2. The van der Waals surface area contributed by atoms with Gasteiger partial charge in [0.15, 0.2) is 11.6 Å². The zero-order valence-electron chi connectivity index (χ0n) is 22.4. The molecule has 1 amide bonds. The molecular formula is C31H27F3N6O2. The number of nitrogens with one attached hydrogen (secondary N) is 2. The second kappa shape index (κ2) is 11.5. The van der Waals surface area contributed by atoms with Gasteiger partial charge in [0.1, 0.15) is 12.4 Å². The Bertz CT molecular complexity index is 1710. The number of alkyl halides is 3. The predicted molar refractivity (Wildman–Crippen MR) is 152 cm³/mol. The number of para-hydroxylation sites is 1. The van der Waals surface area contributed by atoms with Gasteiger partial charge in [-0.2, -0.15) is 18.3 Å². The molecule has 1 aliphatic rings. The summed E-state index contributed by atoms with van der Waals surface area (Å²) in [6.07, 6.45) is -2.95. The maximum absolute atomic E-state index is 14.0. The molecule has 2 aromatic heterocycles. The number of rotatable bonds is 6. The van der Waals surface area contributed by atoms with Crippen molar-refractivity contribution in [2.45, 2.75) is 38.1 Å². The Balaban J connectivity index is 1.39. The molecule has 0 radical (unpaired) electrons. The van der Waals surface area contributed by atoms with Crippen LogP contribution in [0.5, 0.6) is 0 Å². The SMILES string of the molecule is O=C(OCc1ccccc1)N1CCCCC1c1cc(Nc2n[nH]c3ccccc23)nc(-c2ccccc2C(F)(F)F)n1. The lowest BCUT2D eigenvalue weighted by atomic mass is 9.99. The van der Waals surface area contributed by atoms with Crippen molar-refractivity contribution in [1.82, 2.24) is 25.1 Å². The van der Waals surface area contributed by atoms with E-state index in [1.54, 1.807) is 11.0 Å². The first kappa shape index (κ1) is 27.3. The molecule has 2 N–H and O–H groups in total. The Morgan fingerprint density at radius 3 is 2.57 bits per heavy atom. The van der Waals surface area contributed by atoms with Crippen LogP contribution in [0.15, 0.2) is 84.9 Å². The summed E-state index contributed by atoms with van der Waals surface area (Å²) < 4.78 is 47.6. The van der Waals surface area contributed by atoms with Crippen LogP contribution in [-0.4, -0.2) is 37.7 Å². The largest absolute Gasteiger partial charge is 0.445 e. The van der Waals surface area contributed by atoms with Crippen LogP contribution in [0.4, 0.5) is 29.6 Å². The number of halogens is 3. The standard InChI is InChI=1S/C31H27F3N6O2/c32-31(33,34)23-14-6-4-12-21(23)28-35-25(18-27(36-28)37-29-22-13-5-7-15-24(22)38-39-29)26-16-8-9-17-40(26)30(41)42-19-20-10-2-1-3-11-20/h1-7,10-15,18,26H,8-9,16-17,19H2,(H2,35,36,37,38,39). The first-order chi connectivity index (χ1) is 20.4. The molecule has 1 saturated heterocycles. The highest BCUT2D eigenvalue weighted by atomic mass is 19.4. The third-order valence-corrected chi connectivity index (χ3v) is 7.22. The number of nitrogens with zero attached hydrogens (tertiary/aromatic N) is 4. The molecule has 0 aliphatic carbocycles. The number of hydrogen-bond acceptors (Lipinski definition) is 6. The number of anilines is 2. The molecule has 0 spiro atoms. The van der Waals surface area contributed by atoms with Crippen LogP contribution in [0.25, 0.3) is 22.3 Å². The number of carbonyl (C=O) groups is 1. The summed E-state index contributed by atoms with van der Waals surface area (Å²) in [7, 11) is 0. The molecule has 3 heterocycles. The van der Waals surface area contributed by atoms with Crippen molar-refractivity contribution in [3.05, 3.63) is 102 Å². The van der Waals surface area contributed by atoms with E-state index in [4.69, 9.17) is 4.74 Å². The van der Waals surface area contributed by atoms with E-state index < -0.39 is 23.9 Å². The molecule has 42 heavy (non-hydrogen) atoms. The third-order valence-electron chi connectivity index (χ3n) is 7.22. The number of H-pyrrole nitrogens is 1. The van der Waals surface area contributed by atoms with Crippen molar-refractivity contribution < 1.29 is 22.7 Å². The minimum Gasteiger partial charge on any atom is -0.445 e. The van der Waals surface area contributed by atoms with Crippen LogP contribution in [0.2, 0.25) is 0 Å². The first-order valence-corrected chi connectivity index (χ1v) is 13.6. The van der Waals surface area contributed by atoms with Gasteiger partial charge >= 0.3 is 12.3 Å². The number of fused-ring (bicyclic) bond motifs is 1. The van der Waals surface area contributed by atoms with Gasteiger partial charge < -0.3 is 10.1 Å². The summed E-state index contributed by atoms with van der Waals surface area (Å²) in [5, 5.41) is 11.2. The van der Waals surface area contributed by atoms with Crippen molar-refractivity contribution in [1.29, 1.82) is 0 Å². The summed E-state index contributed by atoms with van der Waals surface area (Å²) in [5.74, 6) is 0.617. The zero-order chi connectivity index (χ0) is 29.1. The average molecular weight is 573 g/mol. The van der Waals surface area contributed by atoms with E-state index in [0.717, 1.165) is 35.4 Å². The molecule has 6 rings (SSSR count). The van der Waals surface area contributed by atoms with Gasteiger partial charge in [0.2, 0.25) is 0 Å². The Morgan fingerprint density at radius 1 is 0.976 bits per heavy atom. The molecule has 214 valence electrons. The number of piperidine rings is 1. The fraction of sp³-hybridized carbons (Fsp3) is 0.226. The van der Waals surface area contributed by atoms with E-state index in [0.29, 0.717) is 24.5 Å². The van der Waals surface area contributed by atoms with E-state index in [1.165, 1.54) is 18.2 Å². The van der Waals surface area contributed by atoms with Crippen molar-refractivity contribution in [3.63, 3.8) is 0 Å². The molecule has 1 fully saturated rings. The van der Waals surface area contributed by atoms with Crippen molar-refractivity contribution in [2.24, 2.45) is 0 Å². The van der Waals surface area contributed by atoms with Crippen molar-refractivity contribution in [2.75, 3.05) is 11.9 Å². The Morgan fingerprint density at radius 2 is 1.74 bits per heavy atom. The highest BCUT2D eigenvalue weighted by Gasteiger charge is 2.35. The van der Waals surface area contributed by atoms with Gasteiger partial charge in [-0.05, 0) is 43.0 Å². The van der Waals surface area contributed by atoms with E-state index in [1.807, 2.05) is 54.6 Å². The highest BCUT2D eigenvalue weighted by Crippen LogP contribution is 2.38. The fourth-order valence-corrected chi connectivity index (χ4v) is 5.19. The quantitative estimate of drug-likeness (QED) is 0.217. The predicted octanol–water partition coefficient (Wildman–Crippen LogP) is 7.65. The van der Waals surface area contributed by atoms with Gasteiger partial charge in [0.05, 0.1) is 22.8 Å². The molecule has 3 aromatic carbocycles. The molecule has 0 saturated carbocycles. The lowest BCUT2D eigenvalue weighted by molar-refractivity contribution is -0.137. The first-order valence-electron chi connectivity index (χ1n) is 13.6. The minimum atomic E-state index is -4.61. The highest BCUT2D eigenvalue weighted by molar-refractivity contribution is 5.91. The van der Waals surface area contributed by atoms with Crippen LogP contribution in [-0.2, 0) is 17.5 Å². The van der Waals surface area contributed by atoms with Gasteiger partial charge in [-0.1, -0.05) is 60.7 Å². The molecule has 0 bridgehead atoms. The Hall–Kier alpha value is -4.93. The molecule has 1 atom stereocenters. The molecular weight excluding hydrogens is 545 g/mol. The summed E-state index contributed by atoms with van der Waals surface area (Å²) >= 11 is 0. The Labute approximate surface area is 239 Å². The second-order valence-electron chi connectivity index (χ2n) is 10.0. The molecule has 5 aromatic rings. The maximum atomic E-state index is 14.0. The van der Waals surface area contributed by atoms with Gasteiger partial charge in [-0.15, -0.1) is 0 Å². The topological polar surface area (TPSA) is 96.0 Å². The van der Waals surface area contributed by atoms with Crippen LogP contribution in [0.3, 0.4) is 0 Å². The van der Waals surface area contributed by atoms with E-state index in [2.05, 4.69) is 25.5 Å². The van der Waals surface area contributed by atoms with Gasteiger partial charge in [-0.25, -0.2) is 14.8 Å².